The maximum Gasteiger partial charge on any atom is 0.315 e. The van der Waals surface area contributed by atoms with Crippen LogP contribution in [0.3, 0.4) is 0 Å². The highest BCUT2D eigenvalue weighted by atomic mass is 16.2. The Morgan fingerprint density at radius 2 is 2.05 bits per heavy atom. The zero-order valence-corrected chi connectivity index (χ0v) is 11.0. The number of rotatable bonds is 4. The number of fused-ring (bicyclic) bond motifs is 1. The van der Waals surface area contributed by atoms with E-state index in [4.69, 9.17) is 0 Å². The molecule has 0 heterocycles. The molecule has 0 radical (unpaired) electrons. The largest absolute Gasteiger partial charge is 0.348 e. The van der Waals surface area contributed by atoms with Crippen LogP contribution in [0.5, 0.6) is 0 Å². The first-order valence-electron chi connectivity index (χ1n) is 6.59. The quantitative estimate of drug-likeness (QED) is 0.760. The van der Waals surface area contributed by atoms with Gasteiger partial charge in [0.15, 0.2) is 0 Å². The van der Waals surface area contributed by atoms with Crippen molar-refractivity contribution in [3.63, 3.8) is 0 Å². The molecule has 2 rings (SSSR count). The molecule has 1 aliphatic carbocycles. The summed E-state index contributed by atoms with van der Waals surface area (Å²) >= 11 is 0. The van der Waals surface area contributed by atoms with Crippen LogP contribution in [0.25, 0.3) is 0 Å². The number of urea groups is 1. The molecule has 5 heteroatoms. The Labute approximate surface area is 112 Å². The van der Waals surface area contributed by atoms with Crippen LogP contribution in [-0.4, -0.2) is 25.0 Å². The summed E-state index contributed by atoms with van der Waals surface area (Å²) in [4.78, 5) is 22.9. The van der Waals surface area contributed by atoms with Crippen LogP contribution in [0.4, 0.5) is 4.79 Å². The minimum absolute atomic E-state index is 0.00446. The molecule has 1 aliphatic rings. The molecule has 3 N–H and O–H groups in total. The van der Waals surface area contributed by atoms with E-state index in [1.165, 1.54) is 11.1 Å². The number of aryl methyl sites for hydroxylation is 1. The van der Waals surface area contributed by atoms with Gasteiger partial charge in [-0.25, -0.2) is 4.79 Å². The topological polar surface area (TPSA) is 70.2 Å². The highest BCUT2D eigenvalue weighted by molar-refractivity contribution is 5.84. The second kappa shape index (κ2) is 6.22. The molecule has 0 fully saturated rings. The lowest BCUT2D eigenvalue weighted by molar-refractivity contribution is -0.120. The van der Waals surface area contributed by atoms with Gasteiger partial charge in [-0.3, -0.25) is 4.79 Å². The van der Waals surface area contributed by atoms with Crippen molar-refractivity contribution in [2.24, 2.45) is 0 Å². The van der Waals surface area contributed by atoms with Crippen LogP contribution in [0.1, 0.15) is 30.5 Å². The summed E-state index contributed by atoms with van der Waals surface area (Å²) in [6.45, 7) is 2.38. The van der Waals surface area contributed by atoms with Gasteiger partial charge in [0, 0.05) is 6.54 Å². The second-order valence-corrected chi connectivity index (χ2v) is 4.57. The molecular formula is C14H19N3O2. The average molecular weight is 261 g/mol. The zero-order valence-electron chi connectivity index (χ0n) is 11.0. The minimum atomic E-state index is -0.315. The summed E-state index contributed by atoms with van der Waals surface area (Å²) in [7, 11) is 0. The highest BCUT2D eigenvalue weighted by Crippen LogP contribution is 2.30. The Kier molecular flexibility index (Phi) is 4.39. The van der Waals surface area contributed by atoms with Gasteiger partial charge in [-0.05, 0) is 30.9 Å². The third-order valence-corrected chi connectivity index (χ3v) is 3.21. The molecule has 1 unspecified atom stereocenters. The summed E-state index contributed by atoms with van der Waals surface area (Å²) in [5, 5.41) is 8.05. The van der Waals surface area contributed by atoms with Gasteiger partial charge in [-0.2, -0.15) is 0 Å². The number of nitrogens with one attached hydrogen (secondary N) is 3. The van der Waals surface area contributed by atoms with Crippen molar-refractivity contribution < 1.29 is 9.59 Å². The third-order valence-electron chi connectivity index (χ3n) is 3.21. The average Bonchev–Trinajstić information content (AvgIpc) is 2.80. The molecular weight excluding hydrogens is 242 g/mol. The van der Waals surface area contributed by atoms with Crippen LogP contribution in [-0.2, 0) is 11.2 Å². The zero-order chi connectivity index (χ0) is 13.7. The van der Waals surface area contributed by atoms with Crippen molar-refractivity contribution in [2.75, 3.05) is 13.1 Å². The van der Waals surface area contributed by atoms with Gasteiger partial charge < -0.3 is 16.0 Å². The first kappa shape index (κ1) is 13.4. The van der Waals surface area contributed by atoms with Gasteiger partial charge in [0.1, 0.15) is 0 Å². The Hall–Kier alpha value is -2.04. The van der Waals surface area contributed by atoms with Crippen molar-refractivity contribution in [1.29, 1.82) is 0 Å². The first-order valence-corrected chi connectivity index (χ1v) is 6.59. The van der Waals surface area contributed by atoms with Crippen LogP contribution >= 0.6 is 0 Å². The molecule has 0 saturated heterocycles. The van der Waals surface area contributed by atoms with Crippen molar-refractivity contribution in [3.05, 3.63) is 35.4 Å². The normalized spacial score (nSPS) is 16.6. The van der Waals surface area contributed by atoms with E-state index in [0.29, 0.717) is 6.54 Å². The minimum Gasteiger partial charge on any atom is -0.348 e. The van der Waals surface area contributed by atoms with E-state index in [0.717, 1.165) is 12.8 Å². The molecule has 0 bridgehead atoms. The molecule has 3 amide bonds. The first-order chi connectivity index (χ1) is 9.20. The van der Waals surface area contributed by atoms with Crippen LogP contribution in [0.15, 0.2) is 24.3 Å². The molecule has 102 valence electrons. The summed E-state index contributed by atoms with van der Waals surface area (Å²) < 4.78 is 0. The summed E-state index contributed by atoms with van der Waals surface area (Å²) in [5.74, 6) is -0.159. The van der Waals surface area contributed by atoms with Gasteiger partial charge in [0.25, 0.3) is 0 Å². The van der Waals surface area contributed by atoms with E-state index < -0.39 is 0 Å². The van der Waals surface area contributed by atoms with Gasteiger partial charge in [-0.15, -0.1) is 0 Å². The molecule has 1 atom stereocenters. The fourth-order valence-corrected chi connectivity index (χ4v) is 2.34. The molecule has 0 saturated carbocycles. The molecule has 1 aromatic rings. The molecule has 0 aromatic heterocycles. The Balaban J connectivity index is 1.82. The molecule has 0 spiro atoms. The summed E-state index contributed by atoms with van der Waals surface area (Å²) in [6, 6.07) is 7.89. The predicted molar refractivity (Wildman–Crippen MR) is 72.7 cm³/mol. The van der Waals surface area contributed by atoms with Crippen molar-refractivity contribution in [3.8, 4) is 0 Å². The summed E-state index contributed by atoms with van der Waals surface area (Å²) in [6.07, 6.45) is 1.91. The third kappa shape index (κ3) is 3.47. The number of hydrogen-bond acceptors (Lipinski definition) is 2. The molecule has 1 aromatic carbocycles. The van der Waals surface area contributed by atoms with E-state index in [9.17, 15) is 9.59 Å². The number of carbonyl (C=O) groups excluding carboxylic acids is 2. The predicted octanol–water partition coefficient (Wildman–Crippen LogP) is 1.11. The summed E-state index contributed by atoms with van der Waals surface area (Å²) in [5.41, 5.74) is 2.48. The van der Waals surface area contributed by atoms with Crippen molar-refractivity contribution >= 4 is 11.9 Å². The van der Waals surface area contributed by atoms with Gasteiger partial charge in [-0.1, -0.05) is 24.3 Å². The lowest BCUT2D eigenvalue weighted by atomic mass is 10.1. The smallest absolute Gasteiger partial charge is 0.315 e. The van der Waals surface area contributed by atoms with E-state index in [1.54, 1.807) is 0 Å². The number of carbonyl (C=O) groups is 2. The maximum atomic E-state index is 11.8. The number of benzene rings is 1. The Morgan fingerprint density at radius 3 is 2.84 bits per heavy atom. The van der Waals surface area contributed by atoms with Gasteiger partial charge >= 0.3 is 6.03 Å². The Bertz CT molecular complexity index is 474. The SMILES string of the molecule is CCNC(=O)NCC(=O)NC1CCc2ccccc21. The van der Waals surface area contributed by atoms with Crippen molar-refractivity contribution in [2.45, 2.75) is 25.8 Å². The van der Waals surface area contributed by atoms with E-state index >= 15 is 0 Å². The Morgan fingerprint density at radius 1 is 1.26 bits per heavy atom. The van der Waals surface area contributed by atoms with Gasteiger partial charge in [0.05, 0.1) is 12.6 Å². The van der Waals surface area contributed by atoms with E-state index in [-0.39, 0.29) is 24.5 Å². The molecule has 19 heavy (non-hydrogen) atoms. The van der Waals surface area contributed by atoms with E-state index in [2.05, 4.69) is 22.0 Å². The lowest BCUT2D eigenvalue weighted by Gasteiger charge is -2.14. The number of hydrogen-bond donors (Lipinski definition) is 3. The van der Waals surface area contributed by atoms with Crippen LogP contribution < -0.4 is 16.0 Å². The van der Waals surface area contributed by atoms with E-state index in [1.807, 2.05) is 25.1 Å². The maximum absolute atomic E-state index is 11.8. The fraction of sp³-hybridized carbons (Fsp3) is 0.429. The number of amides is 3. The second-order valence-electron chi connectivity index (χ2n) is 4.57. The lowest BCUT2D eigenvalue weighted by Crippen LogP contribution is -2.42. The van der Waals surface area contributed by atoms with Gasteiger partial charge in [0.2, 0.25) is 5.91 Å². The fourth-order valence-electron chi connectivity index (χ4n) is 2.34. The standard InChI is InChI=1S/C14H19N3O2/c1-2-15-14(19)16-9-13(18)17-12-8-7-10-5-3-4-6-11(10)12/h3-6,12H,2,7-9H2,1H3,(H,17,18)(H2,15,16,19). The van der Waals surface area contributed by atoms with Crippen molar-refractivity contribution in [1.82, 2.24) is 16.0 Å². The highest BCUT2D eigenvalue weighted by Gasteiger charge is 2.23. The monoisotopic (exact) mass is 261 g/mol. The molecule has 0 aliphatic heterocycles. The van der Waals surface area contributed by atoms with Crippen LogP contribution in [0, 0.1) is 0 Å². The van der Waals surface area contributed by atoms with Crippen LogP contribution in [0.2, 0.25) is 0 Å². The molecule has 5 nitrogen and oxygen atoms in total.